The van der Waals surface area contributed by atoms with E-state index >= 15 is 0 Å². The maximum absolute atomic E-state index is 5.18. The summed E-state index contributed by atoms with van der Waals surface area (Å²) in [6.07, 6.45) is 8.29. The zero-order valence-corrected chi connectivity index (χ0v) is 10.6. The first kappa shape index (κ1) is 12.3. The fraction of sp³-hybridized carbons (Fsp3) is 1.00. The molecule has 1 atom stereocenters. The quantitative estimate of drug-likeness (QED) is 0.714. The maximum Gasteiger partial charge on any atom is 0.0589 e. The Labute approximate surface area is 99.5 Å². The van der Waals surface area contributed by atoms with Gasteiger partial charge in [-0.1, -0.05) is 6.42 Å². The van der Waals surface area contributed by atoms with E-state index in [-0.39, 0.29) is 0 Å². The topological polar surface area (TPSA) is 24.5 Å². The molecule has 0 aromatic carbocycles. The van der Waals surface area contributed by atoms with Crippen molar-refractivity contribution in [2.24, 2.45) is 0 Å². The van der Waals surface area contributed by atoms with Gasteiger partial charge in [0.05, 0.1) is 6.61 Å². The smallest absolute Gasteiger partial charge is 0.0589 e. The average molecular weight is 226 g/mol. The molecular formula is C13H26N2O. The molecule has 1 saturated heterocycles. The molecule has 16 heavy (non-hydrogen) atoms. The molecule has 3 heteroatoms. The van der Waals surface area contributed by atoms with Gasteiger partial charge in [0.25, 0.3) is 0 Å². The molecule has 1 N–H and O–H groups in total. The third-order valence-electron chi connectivity index (χ3n) is 3.82. The van der Waals surface area contributed by atoms with Gasteiger partial charge in [-0.25, -0.2) is 0 Å². The Morgan fingerprint density at radius 3 is 2.69 bits per heavy atom. The summed E-state index contributed by atoms with van der Waals surface area (Å²) in [5.74, 6) is 0. The second-order valence-corrected chi connectivity index (χ2v) is 5.20. The van der Waals surface area contributed by atoms with Crippen LogP contribution in [0, 0.1) is 0 Å². The Morgan fingerprint density at radius 1 is 1.19 bits per heavy atom. The number of methoxy groups -OCH3 is 1. The molecule has 3 nitrogen and oxygen atoms in total. The van der Waals surface area contributed by atoms with E-state index in [1.165, 1.54) is 51.6 Å². The molecule has 1 aliphatic carbocycles. The molecule has 0 spiro atoms. The van der Waals surface area contributed by atoms with Crippen LogP contribution in [0.15, 0.2) is 0 Å². The van der Waals surface area contributed by atoms with Crippen LogP contribution in [0.2, 0.25) is 0 Å². The number of piperidine rings is 1. The normalized spacial score (nSPS) is 26.2. The van der Waals surface area contributed by atoms with E-state index in [0.29, 0.717) is 0 Å². The Bertz CT molecular complexity index is 188. The van der Waals surface area contributed by atoms with E-state index in [9.17, 15) is 0 Å². The van der Waals surface area contributed by atoms with Gasteiger partial charge in [-0.05, 0) is 45.2 Å². The van der Waals surface area contributed by atoms with E-state index in [2.05, 4.69) is 10.2 Å². The summed E-state index contributed by atoms with van der Waals surface area (Å²) in [6, 6.07) is 1.65. The van der Waals surface area contributed by atoms with Crippen LogP contribution >= 0.6 is 0 Å². The molecule has 0 amide bonds. The van der Waals surface area contributed by atoms with E-state index in [4.69, 9.17) is 4.74 Å². The van der Waals surface area contributed by atoms with Crippen LogP contribution in [0.25, 0.3) is 0 Å². The predicted octanol–water partition coefficient (Wildman–Crippen LogP) is 1.63. The van der Waals surface area contributed by atoms with E-state index in [1.807, 2.05) is 0 Å². The van der Waals surface area contributed by atoms with E-state index < -0.39 is 0 Å². The molecule has 0 bridgehead atoms. The zero-order chi connectivity index (χ0) is 11.2. The fourth-order valence-corrected chi connectivity index (χ4v) is 2.62. The largest absolute Gasteiger partial charge is 0.383 e. The Hall–Kier alpha value is -0.120. The van der Waals surface area contributed by atoms with Crippen LogP contribution in [0.3, 0.4) is 0 Å². The van der Waals surface area contributed by atoms with Crippen molar-refractivity contribution in [1.82, 2.24) is 10.2 Å². The Balaban J connectivity index is 1.64. The Kier molecular flexibility index (Phi) is 5.07. The number of nitrogens with one attached hydrogen (secondary N) is 1. The number of rotatable bonds is 7. The molecule has 1 heterocycles. The summed E-state index contributed by atoms with van der Waals surface area (Å²) in [6.45, 7) is 4.49. The highest BCUT2D eigenvalue weighted by atomic mass is 16.5. The summed E-state index contributed by atoms with van der Waals surface area (Å²) in [5.41, 5.74) is 0. The molecule has 0 aromatic heterocycles. The lowest BCUT2D eigenvalue weighted by Crippen LogP contribution is -2.39. The minimum atomic E-state index is 0.776. The van der Waals surface area contributed by atoms with Crippen molar-refractivity contribution in [2.45, 2.75) is 50.6 Å². The van der Waals surface area contributed by atoms with Crippen molar-refractivity contribution >= 4 is 0 Å². The molecule has 0 aromatic rings. The lowest BCUT2D eigenvalue weighted by Gasteiger charge is -2.27. The Morgan fingerprint density at radius 2 is 2.06 bits per heavy atom. The van der Waals surface area contributed by atoms with Crippen LogP contribution in [-0.2, 0) is 4.74 Å². The van der Waals surface area contributed by atoms with Crippen LogP contribution < -0.4 is 5.32 Å². The highest BCUT2D eigenvalue weighted by Gasteiger charge is 2.28. The minimum Gasteiger partial charge on any atom is -0.383 e. The summed E-state index contributed by atoms with van der Waals surface area (Å²) in [4.78, 5) is 2.62. The van der Waals surface area contributed by atoms with Crippen molar-refractivity contribution in [2.75, 3.05) is 33.4 Å². The van der Waals surface area contributed by atoms with Gasteiger partial charge < -0.3 is 10.1 Å². The fourth-order valence-electron chi connectivity index (χ4n) is 2.62. The molecular weight excluding hydrogens is 200 g/mol. The summed E-state index contributed by atoms with van der Waals surface area (Å²) >= 11 is 0. The number of ether oxygens (including phenoxy) is 1. The standard InChI is InChI=1S/C13H26N2O/c1-16-11-10-15(13-5-6-13)9-7-12-4-2-3-8-14-12/h12-14H,2-11H2,1H3. The molecule has 1 aliphatic heterocycles. The van der Waals surface area contributed by atoms with E-state index in [1.54, 1.807) is 7.11 Å². The molecule has 1 unspecified atom stereocenters. The van der Waals surface area contributed by atoms with Gasteiger partial charge in [-0.2, -0.15) is 0 Å². The average Bonchev–Trinajstić information content (AvgIpc) is 3.15. The van der Waals surface area contributed by atoms with Crippen LogP contribution in [0.5, 0.6) is 0 Å². The second kappa shape index (κ2) is 6.58. The van der Waals surface area contributed by atoms with Crippen molar-refractivity contribution in [3.63, 3.8) is 0 Å². The summed E-state index contributed by atoms with van der Waals surface area (Å²) in [5, 5.41) is 3.63. The molecule has 2 aliphatic rings. The van der Waals surface area contributed by atoms with Crippen LogP contribution in [-0.4, -0.2) is 50.3 Å². The first-order chi connectivity index (χ1) is 7.90. The van der Waals surface area contributed by atoms with E-state index in [0.717, 1.165) is 25.2 Å². The molecule has 2 rings (SSSR count). The van der Waals surface area contributed by atoms with Crippen molar-refractivity contribution in [1.29, 1.82) is 0 Å². The van der Waals surface area contributed by atoms with Gasteiger partial charge in [-0.3, -0.25) is 4.90 Å². The first-order valence-electron chi connectivity index (χ1n) is 6.86. The molecule has 1 saturated carbocycles. The van der Waals surface area contributed by atoms with Gasteiger partial charge in [-0.15, -0.1) is 0 Å². The SMILES string of the molecule is COCCN(CCC1CCCCN1)C1CC1. The van der Waals surface area contributed by atoms with Gasteiger partial charge in [0.2, 0.25) is 0 Å². The lowest BCUT2D eigenvalue weighted by atomic mass is 10.0. The summed E-state index contributed by atoms with van der Waals surface area (Å²) in [7, 11) is 1.80. The van der Waals surface area contributed by atoms with Gasteiger partial charge in [0.1, 0.15) is 0 Å². The maximum atomic E-state index is 5.18. The summed E-state index contributed by atoms with van der Waals surface area (Å²) < 4.78 is 5.18. The van der Waals surface area contributed by atoms with Gasteiger partial charge in [0, 0.05) is 25.7 Å². The van der Waals surface area contributed by atoms with Crippen molar-refractivity contribution < 1.29 is 4.74 Å². The van der Waals surface area contributed by atoms with Gasteiger partial charge >= 0.3 is 0 Å². The molecule has 94 valence electrons. The minimum absolute atomic E-state index is 0.776. The second-order valence-electron chi connectivity index (χ2n) is 5.20. The van der Waals surface area contributed by atoms with Crippen LogP contribution in [0.4, 0.5) is 0 Å². The van der Waals surface area contributed by atoms with Gasteiger partial charge in [0.15, 0.2) is 0 Å². The number of hydrogen-bond donors (Lipinski definition) is 1. The van der Waals surface area contributed by atoms with Crippen molar-refractivity contribution in [3.05, 3.63) is 0 Å². The highest BCUT2D eigenvalue weighted by Crippen LogP contribution is 2.27. The van der Waals surface area contributed by atoms with Crippen molar-refractivity contribution in [3.8, 4) is 0 Å². The lowest BCUT2D eigenvalue weighted by molar-refractivity contribution is 0.139. The zero-order valence-electron chi connectivity index (χ0n) is 10.6. The number of hydrogen-bond acceptors (Lipinski definition) is 3. The molecule has 2 fully saturated rings. The third-order valence-corrected chi connectivity index (χ3v) is 3.82. The van der Waals surface area contributed by atoms with Crippen LogP contribution in [0.1, 0.15) is 38.5 Å². The first-order valence-corrected chi connectivity index (χ1v) is 6.86. The third kappa shape index (κ3) is 4.04. The predicted molar refractivity (Wildman–Crippen MR) is 66.7 cm³/mol. The molecule has 0 radical (unpaired) electrons. The highest BCUT2D eigenvalue weighted by molar-refractivity contribution is 4.85. The number of nitrogens with zero attached hydrogens (tertiary/aromatic N) is 1. The monoisotopic (exact) mass is 226 g/mol.